The molecule has 1 aliphatic carbocycles. The Balaban J connectivity index is 0.00000180. The van der Waals surface area contributed by atoms with E-state index in [1.165, 1.54) is 44.9 Å². The Kier molecular flexibility index (Phi) is 8.77. The van der Waals surface area contributed by atoms with Crippen LogP contribution in [0.15, 0.2) is 4.99 Å². The van der Waals surface area contributed by atoms with Crippen molar-refractivity contribution in [3.8, 4) is 0 Å². The highest BCUT2D eigenvalue weighted by Crippen LogP contribution is 2.27. The van der Waals surface area contributed by atoms with Crippen LogP contribution in [-0.4, -0.2) is 43.7 Å². The second-order valence-electron chi connectivity index (χ2n) is 5.49. The Morgan fingerprint density at radius 3 is 2.53 bits per heavy atom. The molecule has 112 valence electrons. The highest BCUT2D eigenvalue weighted by Gasteiger charge is 2.13. The van der Waals surface area contributed by atoms with E-state index < -0.39 is 0 Å². The van der Waals surface area contributed by atoms with Gasteiger partial charge in [0.25, 0.3) is 0 Å². The minimum Gasteiger partial charge on any atom is -0.378 e. The van der Waals surface area contributed by atoms with Gasteiger partial charge in [-0.2, -0.15) is 0 Å². The lowest BCUT2D eigenvalue weighted by Gasteiger charge is -2.27. The molecule has 0 aromatic rings. The molecule has 0 amide bonds. The highest BCUT2D eigenvalue weighted by molar-refractivity contribution is 14.0. The van der Waals surface area contributed by atoms with Gasteiger partial charge in [0.15, 0.2) is 5.96 Å². The van der Waals surface area contributed by atoms with Crippen molar-refractivity contribution in [2.75, 3.05) is 32.8 Å². The van der Waals surface area contributed by atoms with Gasteiger partial charge in [-0.15, -0.1) is 24.0 Å². The maximum absolute atomic E-state index is 5.99. The zero-order valence-corrected chi connectivity index (χ0v) is 14.2. The predicted octanol–water partition coefficient (Wildman–Crippen LogP) is 2.61. The van der Waals surface area contributed by atoms with Gasteiger partial charge in [0.1, 0.15) is 0 Å². The summed E-state index contributed by atoms with van der Waals surface area (Å²) in [6.07, 6.45) is 9.70. The maximum atomic E-state index is 5.99. The molecule has 0 aromatic heterocycles. The summed E-state index contributed by atoms with van der Waals surface area (Å²) in [5.74, 6) is 1.67. The molecule has 5 heteroatoms. The molecule has 0 aromatic carbocycles. The molecule has 0 unspecified atom stereocenters. The number of hydrogen-bond donors (Lipinski definition) is 1. The number of ether oxygens (including phenoxy) is 1. The zero-order chi connectivity index (χ0) is 12.6. The number of rotatable bonds is 4. The van der Waals surface area contributed by atoms with Crippen molar-refractivity contribution in [2.24, 2.45) is 16.6 Å². The van der Waals surface area contributed by atoms with Gasteiger partial charge in [-0.25, -0.2) is 0 Å². The lowest BCUT2D eigenvalue weighted by Crippen LogP contribution is -2.44. The van der Waals surface area contributed by atoms with Crippen LogP contribution in [0.5, 0.6) is 0 Å². The number of halogens is 1. The minimum absolute atomic E-state index is 0. The van der Waals surface area contributed by atoms with Crippen molar-refractivity contribution in [1.29, 1.82) is 0 Å². The summed E-state index contributed by atoms with van der Waals surface area (Å²) in [7, 11) is 0. The monoisotopic (exact) mass is 381 g/mol. The molecular weight excluding hydrogens is 353 g/mol. The standard InChI is InChI=1S/C14H27N3O.HI/c15-14(17-9-11-18-12-10-17)16-8-4-7-13-5-2-1-3-6-13;/h13H,1-12H2,(H2,15,16);1H. The molecule has 2 N–H and O–H groups in total. The van der Waals surface area contributed by atoms with Gasteiger partial charge in [0.05, 0.1) is 13.2 Å². The fourth-order valence-corrected chi connectivity index (χ4v) is 2.94. The van der Waals surface area contributed by atoms with Gasteiger partial charge in [-0.3, -0.25) is 4.99 Å². The molecule has 1 saturated heterocycles. The van der Waals surface area contributed by atoms with Gasteiger partial charge in [0, 0.05) is 19.6 Å². The van der Waals surface area contributed by atoms with Crippen LogP contribution in [0, 0.1) is 5.92 Å². The lowest BCUT2D eigenvalue weighted by molar-refractivity contribution is 0.0674. The van der Waals surface area contributed by atoms with Crippen molar-refractivity contribution >= 4 is 29.9 Å². The third kappa shape index (κ3) is 6.29. The van der Waals surface area contributed by atoms with Crippen LogP contribution in [0.2, 0.25) is 0 Å². The maximum Gasteiger partial charge on any atom is 0.191 e. The normalized spacial score (nSPS) is 22.1. The Labute approximate surface area is 134 Å². The number of hydrogen-bond acceptors (Lipinski definition) is 2. The van der Waals surface area contributed by atoms with E-state index in [1.54, 1.807) is 0 Å². The molecular formula is C14H28IN3O. The van der Waals surface area contributed by atoms with Crippen LogP contribution in [0.3, 0.4) is 0 Å². The van der Waals surface area contributed by atoms with Crippen LogP contribution in [0.25, 0.3) is 0 Å². The molecule has 2 fully saturated rings. The first-order valence-electron chi connectivity index (χ1n) is 7.49. The second kappa shape index (κ2) is 9.80. The van der Waals surface area contributed by atoms with Crippen LogP contribution in [0.1, 0.15) is 44.9 Å². The van der Waals surface area contributed by atoms with E-state index in [0.29, 0.717) is 5.96 Å². The quantitative estimate of drug-likeness (QED) is 0.353. The fourth-order valence-electron chi connectivity index (χ4n) is 2.94. The molecule has 2 aliphatic rings. The molecule has 0 bridgehead atoms. The van der Waals surface area contributed by atoms with Gasteiger partial charge in [-0.1, -0.05) is 32.1 Å². The largest absolute Gasteiger partial charge is 0.378 e. The zero-order valence-electron chi connectivity index (χ0n) is 11.9. The second-order valence-corrected chi connectivity index (χ2v) is 5.49. The average molecular weight is 381 g/mol. The van der Waals surface area contributed by atoms with Crippen LogP contribution in [0.4, 0.5) is 0 Å². The van der Waals surface area contributed by atoms with Crippen molar-refractivity contribution in [1.82, 2.24) is 4.90 Å². The van der Waals surface area contributed by atoms with E-state index in [-0.39, 0.29) is 24.0 Å². The number of nitrogens with two attached hydrogens (primary N) is 1. The first kappa shape index (κ1) is 17.0. The van der Waals surface area contributed by atoms with Gasteiger partial charge in [0.2, 0.25) is 0 Å². The fraction of sp³-hybridized carbons (Fsp3) is 0.929. The molecule has 4 nitrogen and oxygen atoms in total. The predicted molar refractivity (Wildman–Crippen MR) is 90.1 cm³/mol. The first-order valence-corrected chi connectivity index (χ1v) is 7.49. The summed E-state index contributed by atoms with van der Waals surface area (Å²) in [6.45, 7) is 4.21. The van der Waals surface area contributed by atoms with Crippen molar-refractivity contribution in [3.63, 3.8) is 0 Å². The van der Waals surface area contributed by atoms with E-state index in [4.69, 9.17) is 10.5 Å². The number of morpholine rings is 1. The molecule has 1 saturated carbocycles. The molecule has 1 aliphatic heterocycles. The van der Waals surface area contributed by atoms with Crippen LogP contribution >= 0.6 is 24.0 Å². The summed E-state index contributed by atoms with van der Waals surface area (Å²) in [6, 6.07) is 0. The van der Waals surface area contributed by atoms with E-state index in [2.05, 4.69) is 9.89 Å². The lowest BCUT2D eigenvalue weighted by atomic mass is 9.86. The van der Waals surface area contributed by atoms with Crippen molar-refractivity contribution in [2.45, 2.75) is 44.9 Å². The van der Waals surface area contributed by atoms with Gasteiger partial charge >= 0.3 is 0 Å². The minimum atomic E-state index is 0. The molecule has 1 heterocycles. The summed E-state index contributed by atoms with van der Waals surface area (Å²) >= 11 is 0. The summed E-state index contributed by atoms with van der Waals surface area (Å²) in [4.78, 5) is 6.63. The topological polar surface area (TPSA) is 50.8 Å². The smallest absolute Gasteiger partial charge is 0.191 e. The molecule has 19 heavy (non-hydrogen) atoms. The third-order valence-electron chi connectivity index (χ3n) is 4.10. The molecule has 0 radical (unpaired) electrons. The van der Waals surface area contributed by atoms with E-state index in [9.17, 15) is 0 Å². The average Bonchev–Trinajstić information content (AvgIpc) is 2.45. The van der Waals surface area contributed by atoms with Crippen molar-refractivity contribution < 1.29 is 4.74 Å². The third-order valence-corrected chi connectivity index (χ3v) is 4.10. The Bertz CT molecular complexity index is 261. The van der Waals surface area contributed by atoms with Crippen LogP contribution < -0.4 is 5.73 Å². The van der Waals surface area contributed by atoms with E-state index in [0.717, 1.165) is 38.8 Å². The molecule has 0 spiro atoms. The van der Waals surface area contributed by atoms with Gasteiger partial charge < -0.3 is 15.4 Å². The van der Waals surface area contributed by atoms with Gasteiger partial charge in [-0.05, 0) is 18.8 Å². The Hall–Kier alpha value is -0.0400. The summed E-state index contributed by atoms with van der Waals surface area (Å²) < 4.78 is 5.30. The number of nitrogens with zero attached hydrogens (tertiary/aromatic N) is 2. The van der Waals surface area contributed by atoms with Crippen molar-refractivity contribution in [3.05, 3.63) is 0 Å². The Morgan fingerprint density at radius 1 is 1.16 bits per heavy atom. The molecule has 2 rings (SSSR count). The van der Waals surface area contributed by atoms with E-state index in [1.807, 2.05) is 0 Å². The summed E-state index contributed by atoms with van der Waals surface area (Å²) in [5.41, 5.74) is 5.99. The SMILES string of the molecule is I.NC(=NCCCC1CCCCC1)N1CCOCC1. The highest BCUT2D eigenvalue weighted by atomic mass is 127. The first-order chi connectivity index (χ1) is 8.86. The molecule has 0 atom stereocenters. The number of guanidine groups is 1. The number of aliphatic imine (C=N–C) groups is 1. The van der Waals surface area contributed by atoms with E-state index >= 15 is 0 Å². The summed E-state index contributed by atoms with van der Waals surface area (Å²) in [5, 5.41) is 0. The van der Waals surface area contributed by atoms with Crippen LogP contribution in [-0.2, 0) is 4.74 Å². The Morgan fingerprint density at radius 2 is 1.84 bits per heavy atom.